The number of para-hydroxylation sites is 1. The summed E-state index contributed by atoms with van der Waals surface area (Å²) in [5.41, 5.74) is 1.36. The van der Waals surface area contributed by atoms with E-state index in [9.17, 15) is 9.18 Å². The second kappa shape index (κ2) is 8.82. The van der Waals surface area contributed by atoms with Gasteiger partial charge < -0.3 is 15.4 Å². The van der Waals surface area contributed by atoms with Gasteiger partial charge in [-0.05, 0) is 42.5 Å². The molecule has 2 aromatic heterocycles. The molecule has 2 N–H and O–H groups in total. The van der Waals surface area contributed by atoms with Crippen LogP contribution < -0.4 is 15.4 Å². The fourth-order valence-electron chi connectivity index (χ4n) is 2.63. The van der Waals surface area contributed by atoms with E-state index in [1.807, 2.05) is 6.07 Å². The van der Waals surface area contributed by atoms with Gasteiger partial charge in [0.05, 0.1) is 0 Å². The third kappa shape index (κ3) is 4.76. The molecule has 0 saturated carbocycles. The van der Waals surface area contributed by atoms with E-state index < -0.39 is 11.7 Å². The lowest BCUT2D eigenvalue weighted by Crippen LogP contribution is -2.20. The molecule has 1 amide bonds. The van der Waals surface area contributed by atoms with Crippen molar-refractivity contribution in [1.29, 1.82) is 0 Å². The topological polar surface area (TPSA) is 94.0 Å². The predicted octanol–water partition coefficient (Wildman–Crippen LogP) is 3.56. The third-order valence-corrected chi connectivity index (χ3v) is 4.03. The fraction of sp³-hybridized carbons (Fsp3) is 0.0476. The Labute approximate surface area is 171 Å². The van der Waals surface area contributed by atoms with Gasteiger partial charge in [0, 0.05) is 29.8 Å². The molecule has 4 aromatic rings. The number of carbonyl (C=O) groups is 1. The molecule has 0 aliphatic heterocycles. The fourth-order valence-corrected chi connectivity index (χ4v) is 2.63. The van der Waals surface area contributed by atoms with E-state index >= 15 is 0 Å². The number of benzene rings is 2. The van der Waals surface area contributed by atoms with Gasteiger partial charge >= 0.3 is 0 Å². The highest BCUT2D eigenvalue weighted by atomic mass is 19.1. The van der Waals surface area contributed by atoms with E-state index in [2.05, 4.69) is 25.7 Å². The summed E-state index contributed by atoms with van der Waals surface area (Å²) in [5.74, 6) is 0.369. The maximum absolute atomic E-state index is 13.5. The zero-order valence-electron chi connectivity index (χ0n) is 15.7. The second-order valence-corrected chi connectivity index (χ2v) is 6.18. The van der Waals surface area contributed by atoms with Crippen molar-refractivity contribution >= 4 is 23.1 Å². The third-order valence-electron chi connectivity index (χ3n) is 4.03. The first-order valence-electron chi connectivity index (χ1n) is 9.04. The molecular formula is C21H17FN6O2. The van der Waals surface area contributed by atoms with Crippen LogP contribution in [-0.2, 0) is 4.79 Å². The molecule has 0 radical (unpaired) electrons. The van der Waals surface area contributed by atoms with Crippen LogP contribution in [-0.4, -0.2) is 32.3 Å². The molecule has 0 fully saturated rings. The van der Waals surface area contributed by atoms with Crippen molar-refractivity contribution in [2.75, 3.05) is 17.2 Å². The number of halogens is 1. The molecule has 0 atom stereocenters. The molecule has 9 heteroatoms. The van der Waals surface area contributed by atoms with Gasteiger partial charge in [0.1, 0.15) is 12.1 Å². The van der Waals surface area contributed by atoms with Crippen molar-refractivity contribution in [2.24, 2.45) is 0 Å². The second-order valence-electron chi connectivity index (χ2n) is 6.18. The van der Waals surface area contributed by atoms with Crippen LogP contribution in [0, 0.1) is 5.82 Å². The number of aromatic nitrogens is 4. The number of anilines is 3. The highest BCUT2D eigenvalue weighted by Gasteiger charge is 2.07. The minimum Gasteiger partial charge on any atom is -0.481 e. The Hall–Kier alpha value is -4.27. The van der Waals surface area contributed by atoms with Crippen LogP contribution in [0.1, 0.15) is 0 Å². The maximum Gasteiger partial charge on any atom is 0.262 e. The Morgan fingerprint density at radius 1 is 1.03 bits per heavy atom. The summed E-state index contributed by atoms with van der Waals surface area (Å²) in [7, 11) is 0. The summed E-state index contributed by atoms with van der Waals surface area (Å²) in [6.07, 6.45) is 4.91. The van der Waals surface area contributed by atoms with E-state index in [1.165, 1.54) is 18.5 Å². The van der Waals surface area contributed by atoms with Gasteiger partial charge in [0.2, 0.25) is 0 Å². The number of nitrogens with zero attached hydrogens (tertiary/aromatic N) is 4. The standard InChI is InChI=1S/C21H17FN6O2/c22-17-4-1-2-5-18(17)30-13-21(29)27-16-8-6-15(7-9-16)26-19-12-20(24-14-23-19)28-11-3-10-25-28/h1-12,14H,13H2,(H,27,29)(H,23,24,26). The van der Waals surface area contributed by atoms with Crippen LogP contribution in [0.4, 0.5) is 21.6 Å². The monoisotopic (exact) mass is 404 g/mol. The smallest absolute Gasteiger partial charge is 0.262 e. The van der Waals surface area contributed by atoms with Crippen LogP contribution in [0.2, 0.25) is 0 Å². The van der Waals surface area contributed by atoms with Gasteiger partial charge in [-0.1, -0.05) is 12.1 Å². The molecule has 0 aliphatic rings. The van der Waals surface area contributed by atoms with Crippen molar-refractivity contribution < 1.29 is 13.9 Å². The van der Waals surface area contributed by atoms with Gasteiger partial charge in [-0.3, -0.25) is 4.79 Å². The molecule has 0 unspecified atom stereocenters. The summed E-state index contributed by atoms with van der Waals surface area (Å²) in [6, 6.07) is 16.6. The van der Waals surface area contributed by atoms with Gasteiger partial charge in [-0.15, -0.1) is 0 Å². The molecule has 0 saturated heterocycles. The van der Waals surface area contributed by atoms with Gasteiger partial charge in [0.15, 0.2) is 24.0 Å². The van der Waals surface area contributed by atoms with E-state index in [1.54, 1.807) is 59.5 Å². The van der Waals surface area contributed by atoms with Crippen LogP contribution in [0.5, 0.6) is 5.75 Å². The number of rotatable bonds is 7. The zero-order valence-corrected chi connectivity index (χ0v) is 15.7. The van der Waals surface area contributed by atoms with E-state index in [0.29, 0.717) is 17.3 Å². The average molecular weight is 404 g/mol. The Kier molecular flexibility index (Phi) is 5.61. The summed E-state index contributed by atoms with van der Waals surface area (Å²) in [6.45, 7) is -0.294. The Balaban J connectivity index is 1.33. The first-order chi connectivity index (χ1) is 14.7. The number of amides is 1. The summed E-state index contributed by atoms with van der Waals surface area (Å²) < 4.78 is 20.3. The molecule has 2 aromatic carbocycles. The molecular weight excluding hydrogens is 387 g/mol. The highest BCUT2D eigenvalue weighted by Crippen LogP contribution is 2.19. The Morgan fingerprint density at radius 3 is 2.60 bits per heavy atom. The molecule has 30 heavy (non-hydrogen) atoms. The average Bonchev–Trinajstić information content (AvgIpc) is 3.30. The number of ether oxygens (including phenoxy) is 1. The summed E-state index contributed by atoms with van der Waals surface area (Å²) in [4.78, 5) is 20.4. The van der Waals surface area contributed by atoms with Crippen LogP contribution >= 0.6 is 0 Å². The maximum atomic E-state index is 13.5. The lowest BCUT2D eigenvalue weighted by Gasteiger charge is -2.10. The van der Waals surface area contributed by atoms with Gasteiger partial charge in [-0.25, -0.2) is 19.0 Å². The number of nitrogens with one attached hydrogen (secondary N) is 2. The zero-order chi connectivity index (χ0) is 20.8. The molecule has 0 aliphatic carbocycles. The van der Waals surface area contributed by atoms with Crippen LogP contribution in [0.25, 0.3) is 5.82 Å². The van der Waals surface area contributed by atoms with Crippen molar-refractivity contribution in [1.82, 2.24) is 19.7 Å². The van der Waals surface area contributed by atoms with E-state index in [4.69, 9.17) is 4.74 Å². The molecule has 0 bridgehead atoms. The number of hydrogen-bond acceptors (Lipinski definition) is 6. The van der Waals surface area contributed by atoms with Crippen molar-refractivity contribution in [3.05, 3.63) is 85.2 Å². The largest absolute Gasteiger partial charge is 0.481 e. The molecule has 4 rings (SSSR count). The number of hydrogen-bond donors (Lipinski definition) is 2. The van der Waals surface area contributed by atoms with E-state index in [0.717, 1.165) is 5.69 Å². The molecule has 2 heterocycles. The molecule has 150 valence electrons. The SMILES string of the molecule is O=C(COc1ccccc1F)Nc1ccc(Nc2cc(-n3cccn3)ncn2)cc1. The first kappa shape index (κ1) is 19.1. The van der Waals surface area contributed by atoms with E-state index in [-0.39, 0.29) is 12.4 Å². The number of carbonyl (C=O) groups excluding carboxylic acids is 1. The van der Waals surface area contributed by atoms with Crippen LogP contribution in [0.3, 0.4) is 0 Å². The highest BCUT2D eigenvalue weighted by molar-refractivity contribution is 5.92. The Morgan fingerprint density at radius 2 is 1.83 bits per heavy atom. The van der Waals surface area contributed by atoms with Crippen molar-refractivity contribution in [3.63, 3.8) is 0 Å². The predicted molar refractivity (Wildman–Crippen MR) is 109 cm³/mol. The van der Waals surface area contributed by atoms with Crippen molar-refractivity contribution in [3.8, 4) is 11.6 Å². The molecule has 0 spiro atoms. The van der Waals surface area contributed by atoms with Crippen molar-refractivity contribution in [2.45, 2.75) is 0 Å². The quantitative estimate of drug-likeness (QED) is 0.489. The minimum atomic E-state index is -0.513. The summed E-state index contributed by atoms with van der Waals surface area (Å²) >= 11 is 0. The molecule has 8 nitrogen and oxygen atoms in total. The normalized spacial score (nSPS) is 10.4. The lowest BCUT2D eigenvalue weighted by molar-refractivity contribution is -0.118. The summed E-state index contributed by atoms with van der Waals surface area (Å²) in [5, 5.41) is 10.0. The lowest BCUT2D eigenvalue weighted by atomic mass is 10.2. The van der Waals surface area contributed by atoms with Gasteiger partial charge in [0.25, 0.3) is 5.91 Å². The Bertz CT molecular complexity index is 1130. The minimum absolute atomic E-state index is 0.0338. The van der Waals surface area contributed by atoms with Gasteiger partial charge in [-0.2, -0.15) is 5.10 Å². The first-order valence-corrected chi connectivity index (χ1v) is 9.04. The van der Waals surface area contributed by atoms with Crippen LogP contribution in [0.15, 0.2) is 79.4 Å².